The summed E-state index contributed by atoms with van der Waals surface area (Å²) < 4.78 is 6.32. The molecule has 5 atom stereocenters. The smallest absolute Gasteiger partial charge is 0.190 e. The van der Waals surface area contributed by atoms with Crippen molar-refractivity contribution in [3.05, 3.63) is 23.0 Å². The second-order valence-electron chi connectivity index (χ2n) is 8.52. The van der Waals surface area contributed by atoms with Gasteiger partial charge in [-0.2, -0.15) is 0 Å². The third-order valence-electron chi connectivity index (χ3n) is 6.44. The Morgan fingerprint density at radius 1 is 1.36 bits per heavy atom. The summed E-state index contributed by atoms with van der Waals surface area (Å²) in [5, 5.41) is 19.1. The lowest BCUT2D eigenvalue weighted by Crippen LogP contribution is -2.43. The van der Waals surface area contributed by atoms with E-state index in [-0.39, 0.29) is 23.9 Å². The van der Waals surface area contributed by atoms with Gasteiger partial charge in [0.25, 0.3) is 0 Å². The van der Waals surface area contributed by atoms with Crippen molar-refractivity contribution < 1.29 is 19.7 Å². The zero-order valence-electron chi connectivity index (χ0n) is 15.8. The lowest BCUT2D eigenvalue weighted by Gasteiger charge is -2.43. The maximum atomic E-state index is 12.4. The van der Waals surface area contributed by atoms with Gasteiger partial charge in [-0.3, -0.25) is 4.79 Å². The fraction of sp³-hybridized carbons (Fsp3) is 0.762. The number of aliphatic hydroxyl groups is 2. The molecule has 0 aromatic heterocycles. The predicted octanol–water partition coefficient (Wildman–Crippen LogP) is 3.52. The van der Waals surface area contributed by atoms with Crippen molar-refractivity contribution in [2.45, 2.75) is 77.4 Å². The Kier molecular flexibility index (Phi) is 5.40. The Morgan fingerprint density at radius 3 is 2.84 bits per heavy atom. The van der Waals surface area contributed by atoms with E-state index in [9.17, 15) is 15.0 Å². The highest BCUT2D eigenvalue weighted by Gasteiger charge is 2.49. The maximum absolute atomic E-state index is 12.4. The summed E-state index contributed by atoms with van der Waals surface area (Å²) in [4.78, 5) is 12.4. The standard InChI is InChI=1S/C21H32O4/c1-13(12-22)5-4-6-14(2)15-9-10-21(3)17(15)11-16-19(25-21)8-7-18(23)20(16)24/h9,13-14,17-18,22-23H,4-8,10-12H2,1-3H3/t13-,14+,17-,18+,21+/m0/s1. The lowest BCUT2D eigenvalue weighted by molar-refractivity contribution is -0.127. The largest absolute Gasteiger partial charge is 0.491 e. The highest BCUT2D eigenvalue weighted by molar-refractivity contribution is 6.00. The molecule has 3 aliphatic rings. The number of ketones is 1. The van der Waals surface area contributed by atoms with Gasteiger partial charge in [-0.1, -0.05) is 31.9 Å². The van der Waals surface area contributed by atoms with E-state index in [1.807, 2.05) is 0 Å². The van der Waals surface area contributed by atoms with E-state index >= 15 is 0 Å². The molecule has 3 rings (SSSR count). The van der Waals surface area contributed by atoms with Gasteiger partial charge in [-0.25, -0.2) is 0 Å². The minimum atomic E-state index is -0.849. The third-order valence-corrected chi connectivity index (χ3v) is 6.44. The number of rotatable bonds is 6. The number of aliphatic hydroxyl groups excluding tert-OH is 2. The zero-order chi connectivity index (χ0) is 18.2. The molecule has 1 aliphatic heterocycles. The summed E-state index contributed by atoms with van der Waals surface area (Å²) in [6.07, 6.45) is 7.51. The van der Waals surface area contributed by atoms with Crippen LogP contribution in [0, 0.1) is 17.8 Å². The van der Waals surface area contributed by atoms with Crippen LogP contribution >= 0.6 is 0 Å². The number of fused-ring (bicyclic) bond motifs is 1. The Morgan fingerprint density at radius 2 is 2.12 bits per heavy atom. The summed E-state index contributed by atoms with van der Waals surface area (Å²) in [6, 6.07) is 0. The molecular formula is C21H32O4. The first-order chi connectivity index (χ1) is 11.9. The molecule has 0 saturated heterocycles. The molecule has 4 nitrogen and oxygen atoms in total. The molecule has 4 heteroatoms. The van der Waals surface area contributed by atoms with E-state index in [0.717, 1.165) is 37.0 Å². The first kappa shape index (κ1) is 18.7. The van der Waals surface area contributed by atoms with Crippen LogP contribution in [0.1, 0.15) is 65.7 Å². The van der Waals surface area contributed by atoms with Gasteiger partial charge in [0, 0.05) is 30.9 Å². The van der Waals surface area contributed by atoms with Crippen molar-refractivity contribution in [1.82, 2.24) is 0 Å². The summed E-state index contributed by atoms with van der Waals surface area (Å²) in [5.74, 6) is 1.77. The molecular weight excluding hydrogens is 316 g/mol. The molecule has 0 spiro atoms. The Hall–Kier alpha value is -1.13. The van der Waals surface area contributed by atoms with Gasteiger partial charge < -0.3 is 14.9 Å². The molecule has 2 aliphatic carbocycles. The molecule has 1 heterocycles. The van der Waals surface area contributed by atoms with Gasteiger partial charge in [-0.15, -0.1) is 0 Å². The minimum absolute atomic E-state index is 0.126. The molecule has 0 unspecified atom stereocenters. The van der Waals surface area contributed by atoms with Crippen LogP contribution in [-0.2, 0) is 9.53 Å². The van der Waals surface area contributed by atoms with Crippen molar-refractivity contribution in [1.29, 1.82) is 0 Å². The molecule has 0 amide bonds. The normalized spacial score (nSPS) is 34.1. The number of allylic oxidation sites excluding steroid dienone is 1. The number of carbonyl (C=O) groups is 1. The van der Waals surface area contributed by atoms with Gasteiger partial charge in [0.15, 0.2) is 5.78 Å². The van der Waals surface area contributed by atoms with Crippen LogP contribution in [0.2, 0.25) is 0 Å². The topological polar surface area (TPSA) is 66.8 Å². The molecule has 140 valence electrons. The van der Waals surface area contributed by atoms with Crippen LogP contribution < -0.4 is 0 Å². The molecule has 2 N–H and O–H groups in total. The molecule has 25 heavy (non-hydrogen) atoms. The number of Topliss-reactive ketones (excluding diaryl/α,β-unsaturated/α-hetero) is 1. The van der Waals surface area contributed by atoms with Crippen LogP contribution in [0.5, 0.6) is 0 Å². The highest BCUT2D eigenvalue weighted by atomic mass is 16.5. The van der Waals surface area contributed by atoms with Gasteiger partial charge in [-0.05, 0) is 44.4 Å². The number of hydrogen-bond donors (Lipinski definition) is 2. The Balaban J connectivity index is 1.69. The first-order valence-corrected chi connectivity index (χ1v) is 9.80. The second-order valence-corrected chi connectivity index (χ2v) is 8.52. The van der Waals surface area contributed by atoms with Crippen molar-refractivity contribution >= 4 is 5.78 Å². The van der Waals surface area contributed by atoms with Gasteiger partial charge in [0.2, 0.25) is 0 Å². The second kappa shape index (κ2) is 7.24. The van der Waals surface area contributed by atoms with Crippen LogP contribution in [0.3, 0.4) is 0 Å². The predicted molar refractivity (Wildman–Crippen MR) is 96.8 cm³/mol. The summed E-state index contributed by atoms with van der Waals surface area (Å²) in [7, 11) is 0. The van der Waals surface area contributed by atoms with E-state index in [1.165, 1.54) is 5.57 Å². The van der Waals surface area contributed by atoms with Crippen molar-refractivity contribution in [3.8, 4) is 0 Å². The van der Waals surface area contributed by atoms with E-state index in [0.29, 0.717) is 31.1 Å². The molecule has 0 aromatic carbocycles. The Bertz CT molecular complexity index is 591. The quantitative estimate of drug-likeness (QED) is 0.721. The van der Waals surface area contributed by atoms with Gasteiger partial charge in [0.1, 0.15) is 17.5 Å². The molecule has 0 fully saturated rings. The average Bonchev–Trinajstić information content (AvgIpc) is 2.93. The summed E-state index contributed by atoms with van der Waals surface area (Å²) in [5.41, 5.74) is 1.91. The van der Waals surface area contributed by atoms with E-state index in [4.69, 9.17) is 4.74 Å². The monoisotopic (exact) mass is 348 g/mol. The SMILES string of the molecule is C[C@H](CO)CCC[C@@H](C)C1=CC[C@@]2(C)OC3=C(C[C@@H]12)C(=O)[C@H](O)CC3. The summed E-state index contributed by atoms with van der Waals surface area (Å²) in [6.45, 7) is 6.77. The van der Waals surface area contributed by atoms with Crippen LogP contribution in [0.25, 0.3) is 0 Å². The van der Waals surface area contributed by atoms with Gasteiger partial charge >= 0.3 is 0 Å². The van der Waals surface area contributed by atoms with Crippen molar-refractivity contribution in [3.63, 3.8) is 0 Å². The lowest BCUT2D eigenvalue weighted by atomic mass is 9.73. The average molecular weight is 348 g/mol. The molecule has 0 bridgehead atoms. The summed E-state index contributed by atoms with van der Waals surface area (Å²) >= 11 is 0. The van der Waals surface area contributed by atoms with E-state index < -0.39 is 6.10 Å². The fourth-order valence-electron chi connectivity index (χ4n) is 4.68. The van der Waals surface area contributed by atoms with Crippen LogP contribution in [-0.4, -0.2) is 34.3 Å². The van der Waals surface area contributed by atoms with Crippen LogP contribution in [0.4, 0.5) is 0 Å². The zero-order valence-corrected chi connectivity index (χ0v) is 15.8. The number of carbonyl (C=O) groups excluding carboxylic acids is 1. The van der Waals surface area contributed by atoms with Gasteiger partial charge in [0.05, 0.1) is 0 Å². The highest BCUT2D eigenvalue weighted by Crippen LogP contribution is 2.51. The van der Waals surface area contributed by atoms with Crippen molar-refractivity contribution in [2.24, 2.45) is 17.8 Å². The minimum Gasteiger partial charge on any atom is -0.491 e. The Labute approximate surface area is 151 Å². The first-order valence-electron chi connectivity index (χ1n) is 9.80. The number of hydrogen-bond acceptors (Lipinski definition) is 4. The molecule has 0 saturated carbocycles. The maximum Gasteiger partial charge on any atom is 0.190 e. The molecule has 0 radical (unpaired) electrons. The van der Waals surface area contributed by atoms with E-state index in [1.54, 1.807) is 0 Å². The fourth-order valence-corrected chi connectivity index (χ4v) is 4.68. The van der Waals surface area contributed by atoms with Crippen molar-refractivity contribution in [2.75, 3.05) is 6.61 Å². The number of ether oxygens (including phenoxy) is 1. The van der Waals surface area contributed by atoms with Crippen LogP contribution in [0.15, 0.2) is 23.0 Å². The third kappa shape index (κ3) is 3.56. The molecule has 0 aromatic rings. The van der Waals surface area contributed by atoms with E-state index in [2.05, 4.69) is 26.8 Å².